The third-order valence-corrected chi connectivity index (χ3v) is 5.42. The summed E-state index contributed by atoms with van der Waals surface area (Å²) in [5, 5.41) is 12.6. The number of hydrogen-bond acceptors (Lipinski definition) is 7. The van der Waals surface area contributed by atoms with Gasteiger partial charge in [-0.05, 0) is 39.7 Å². The van der Waals surface area contributed by atoms with Crippen LogP contribution in [0.1, 0.15) is 50.9 Å². The summed E-state index contributed by atoms with van der Waals surface area (Å²) in [6.07, 6.45) is 2.23. The highest BCUT2D eigenvalue weighted by Crippen LogP contribution is 2.39. The van der Waals surface area contributed by atoms with Gasteiger partial charge in [-0.25, -0.2) is 18.6 Å². The Hall–Kier alpha value is -3.01. The van der Waals surface area contributed by atoms with Crippen LogP contribution in [0.3, 0.4) is 0 Å². The van der Waals surface area contributed by atoms with Gasteiger partial charge in [0.15, 0.2) is 5.82 Å². The molecule has 3 atom stereocenters. The van der Waals surface area contributed by atoms with Crippen LogP contribution in [0.25, 0.3) is 5.52 Å². The molecule has 0 spiro atoms. The van der Waals surface area contributed by atoms with Crippen molar-refractivity contribution in [3.05, 3.63) is 35.9 Å². The van der Waals surface area contributed by atoms with E-state index in [1.54, 1.807) is 24.0 Å². The number of carbonyl (C=O) groups is 1. The first-order valence-electron chi connectivity index (χ1n) is 10.2. The molecule has 3 heterocycles. The monoisotopic (exact) mass is 430 g/mol. The zero-order chi connectivity index (χ0) is 22.2. The van der Waals surface area contributed by atoms with Gasteiger partial charge in [-0.3, -0.25) is 4.79 Å². The quantitative estimate of drug-likeness (QED) is 0.575. The lowest BCUT2D eigenvalue weighted by molar-refractivity contribution is -0.135. The smallest absolute Gasteiger partial charge is 0.293 e. The summed E-state index contributed by atoms with van der Waals surface area (Å²) in [6, 6.07) is 3.84. The van der Waals surface area contributed by atoms with Crippen LogP contribution in [-0.4, -0.2) is 50.2 Å². The van der Waals surface area contributed by atoms with Crippen LogP contribution >= 0.6 is 0 Å². The number of rotatable bonds is 7. The average Bonchev–Trinajstić information content (AvgIpc) is 3.39. The van der Waals surface area contributed by atoms with E-state index in [-0.39, 0.29) is 17.9 Å². The predicted octanol–water partition coefficient (Wildman–Crippen LogP) is 3.33. The number of halogens is 1. The fourth-order valence-electron chi connectivity index (χ4n) is 4.01. The van der Waals surface area contributed by atoms with E-state index in [9.17, 15) is 9.18 Å². The molecule has 1 saturated carbocycles. The zero-order valence-electron chi connectivity index (χ0n) is 18.1. The second kappa shape index (κ2) is 8.26. The standard InChI is InChI=1S/C21H27FN6O3/c1-21(2,3)28-19(10-16(26-28)13-7-15(22)18(8-13)31-12-29)24-20-17-9-14(11-30-4)25-27(17)6-5-23-20/h5-6,9-10,12-13,15,18H,7-8,11H2,1-4H3,(H,23,24). The first kappa shape index (κ1) is 21.2. The van der Waals surface area contributed by atoms with Crippen molar-refractivity contribution in [2.24, 2.45) is 0 Å². The minimum absolute atomic E-state index is 0.129. The Morgan fingerprint density at radius 1 is 1.29 bits per heavy atom. The normalized spacial score (nSPS) is 21.5. The molecular weight excluding hydrogens is 403 g/mol. The van der Waals surface area contributed by atoms with E-state index in [1.807, 2.05) is 37.6 Å². The molecule has 1 fully saturated rings. The number of anilines is 2. The van der Waals surface area contributed by atoms with Crippen LogP contribution in [0, 0.1) is 0 Å². The molecule has 166 valence electrons. The maximum atomic E-state index is 14.3. The van der Waals surface area contributed by atoms with Crippen LogP contribution in [0.2, 0.25) is 0 Å². The van der Waals surface area contributed by atoms with Crippen LogP contribution in [0.4, 0.5) is 16.0 Å². The molecule has 0 aromatic carbocycles. The summed E-state index contributed by atoms with van der Waals surface area (Å²) in [5.41, 5.74) is 2.05. The molecule has 3 unspecified atom stereocenters. The van der Waals surface area contributed by atoms with Gasteiger partial charge in [0, 0.05) is 31.5 Å². The van der Waals surface area contributed by atoms with E-state index in [1.165, 1.54) is 0 Å². The molecule has 31 heavy (non-hydrogen) atoms. The third-order valence-electron chi connectivity index (χ3n) is 5.42. The van der Waals surface area contributed by atoms with Crippen molar-refractivity contribution < 1.29 is 18.7 Å². The van der Waals surface area contributed by atoms with Gasteiger partial charge in [0.2, 0.25) is 0 Å². The minimum atomic E-state index is -1.19. The maximum Gasteiger partial charge on any atom is 0.293 e. The van der Waals surface area contributed by atoms with Crippen LogP contribution < -0.4 is 5.32 Å². The fraction of sp³-hybridized carbons (Fsp3) is 0.524. The largest absolute Gasteiger partial charge is 0.461 e. The van der Waals surface area contributed by atoms with Gasteiger partial charge < -0.3 is 14.8 Å². The highest BCUT2D eigenvalue weighted by molar-refractivity contribution is 5.72. The van der Waals surface area contributed by atoms with E-state index < -0.39 is 12.3 Å². The molecule has 10 heteroatoms. The van der Waals surface area contributed by atoms with Crippen LogP contribution in [-0.2, 0) is 26.4 Å². The lowest BCUT2D eigenvalue weighted by Gasteiger charge is -2.22. The van der Waals surface area contributed by atoms with Crippen molar-refractivity contribution >= 4 is 23.6 Å². The van der Waals surface area contributed by atoms with Crippen molar-refractivity contribution in [2.75, 3.05) is 12.4 Å². The molecule has 9 nitrogen and oxygen atoms in total. The molecule has 0 saturated heterocycles. The SMILES string of the molecule is COCc1cc2c(Nc3cc(C4CC(F)C(OC=O)C4)nn3C(C)(C)C)nccn2n1. The first-order chi connectivity index (χ1) is 14.8. The topological polar surface area (TPSA) is 95.6 Å². The number of hydrogen-bond donors (Lipinski definition) is 1. The van der Waals surface area contributed by atoms with Crippen molar-refractivity contribution in [1.29, 1.82) is 0 Å². The average molecular weight is 430 g/mol. The van der Waals surface area contributed by atoms with Crippen molar-refractivity contribution in [3.8, 4) is 0 Å². The molecule has 0 radical (unpaired) electrons. The Labute approximate surface area is 179 Å². The summed E-state index contributed by atoms with van der Waals surface area (Å²) in [5.74, 6) is 1.25. The van der Waals surface area contributed by atoms with Gasteiger partial charge in [0.05, 0.1) is 23.5 Å². The molecule has 0 aliphatic heterocycles. The van der Waals surface area contributed by atoms with Gasteiger partial charge in [-0.15, -0.1) is 0 Å². The van der Waals surface area contributed by atoms with Crippen molar-refractivity contribution in [1.82, 2.24) is 24.4 Å². The molecule has 1 aliphatic rings. The first-order valence-corrected chi connectivity index (χ1v) is 10.2. The van der Waals surface area contributed by atoms with Gasteiger partial charge >= 0.3 is 0 Å². The molecule has 0 amide bonds. The highest BCUT2D eigenvalue weighted by Gasteiger charge is 2.38. The Balaban J connectivity index is 1.67. The van der Waals surface area contributed by atoms with E-state index in [0.29, 0.717) is 25.3 Å². The number of alkyl halides is 1. The van der Waals surface area contributed by atoms with Crippen molar-refractivity contribution in [3.63, 3.8) is 0 Å². The molecular formula is C21H27FN6O3. The number of fused-ring (bicyclic) bond motifs is 1. The maximum absolute atomic E-state index is 14.3. The van der Waals surface area contributed by atoms with Gasteiger partial charge in [0.25, 0.3) is 6.47 Å². The molecule has 3 aromatic rings. The number of ether oxygens (including phenoxy) is 2. The predicted molar refractivity (Wildman–Crippen MR) is 112 cm³/mol. The van der Waals surface area contributed by atoms with Gasteiger partial charge in [-0.1, -0.05) is 0 Å². The summed E-state index contributed by atoms with van der Waals surface area (Å²) < 4.78 is 28.0. The summed E-state index contributed by atoms with van der Waals surface area (Å²) in [7, 11) is 1.63. The number of carbonyl (C=O) groups excluding carboxylic acids is 1. The summed E-state index contributed by atoms with van der Waals surface area (Å²) in [4.78, 5) is 15.1. The number of nitrogens with one attached hydrogen (secondary N) is 1. The highest BCUT2D eigenvalue weighted by atomic mass is 19.1. The minimum Gasteiger partial charge on any atom is -0.461 e. The molecule has 3 aromatic heterocycles. The second-order valence-electron chi connectivity index (χ2n) is 8.79. The Bertz CT molecular complexity index is 1070. The van der Waals surface area contributed by atoms with Gasteiger partial charge in [-0.2, -0.15) is 10.2 Å². The molecule has 0 bridgehead atoms. The molecule has 1 N–H and O–H groups in total. The van der Waals surface area contributed by atoms with Crippen LogP contribution in [0.5, 0.6) is 0 Å². The number of methoxy groups -OCH3 is 1. The van der Waals surface area contributed by atoms with E-state index in [4.69, 9.17) is 14.6 Å². The van der Waals surface area contributed by atoms with Gasteiger partial charge in [0.1, 0.15) is 23.6 Å². The van der Waals surface area contributed by atoms with Crippen molar-refractivity contribution in [2.45, 2.75) is 64.0 Å². The Morgan fingerprint density at radius 3 is 2.81 bits per heavy atom. The summed E-state index contributed by atoms with van der Waals surface area (Å²) >= 11 is 0. The molecule has 4 rings (SSSR count). The van der Waals surface area contributed by atoms with E-state index >= 15 is 0 Å². The number of nitrogens with zero attached hydrogens (tertiary/aromatic N) is 5. The Kier molecular flexibility index (Phi) is 5.65. The summed E-state index contributed by atoms with van der Waals surface area (Å²) in [6.45, 7) is 6.85. The van der Waals surface area contributed by atoms with E-state index in [2.05, 4.69) is 15.4 Å². The Morgan fingerprint density at radius 2 is 2.10 bits per heavy atom. The third kappa shape index (κ3) is 4.25. The van der Waals surface area contributed by atoms with E-state index in [0.717, 1.165) is 22.7 Å². The lowest BCUT2D eigenvalue weighted by atomic mass is 10.0. The number of aromatic nitrogens is 5. The molecule has 1 aliphatic carbocycles. The fourth-order valence-corrected chi connectivity index (χ4v) is 4.01. The second-order valence-corrected chi connectivity index (χ2v) is 8.79. The lowest BCUT2D eigenvalue weighted by Crippen LogP contribution is -2.25. The van der Waals surface area contributed by atoms with Crippen LogP contribution in [0.15, 0.2) is 24.5 Å². The zero-order valence-corrected chi connectivity index (χ0v) is 18.1.